The molecule has 0 spiro atoms. The molecule has 0 aliphatic carbocycles. The lowest BCUT2D eigenvalue weighted by Gasteiger charge is -2.25. The standard InChI is InChI=1S/C22H32N4O3/c1-5-23-20(27)22(2,3)16-26-21(24-13-12-19-7-6-14-29-19)25-15-17-8-10-18(28-4)11-9-17/h6-11,14H,5,12-13,15-16H2,1-4H3,(H,23,27)(H2,24,25,26). The van der Waals surface area contributed by atoms with Gasteiger partial charge in [-0.05, 0) is 50.6 Å². The van der Waals surface area contributed by atoms with Crippen molar-refractivity contribution < 1.29 is 13.9 Å². The highest BCUT2D eigenvalue weighted by Crippen LogP contribution is 2.14. The number of ether oxygens (including phenoxy) is 1. The van der Waals surface area contributed by atoms with Gasteiger partial charge < -0.3 is 25.1 Å². The van der Waals surface area contributed by atoms with E-state index in [1.54, 1.807) is 13.4 Å². The molecule has 0 unspecified atom stereocenters. The van der Waals surface area contributed by atoms with Crippen molar-refractivity contribution in [2.75, 3.05) is 26.7 Å². The normalized spacial score (nSPS) is 11.8. The number of nitrogens with zero attached hydrogens (tertiary/aromatic N) is 1. The summed E-state index contributed by atoms with van der Waals surface area (Å²) < 4.78 is 10.6. The minimum absolute atomic E-state index is 0.0117. The van der Waals surface area contributed by atoms with Gasteiger partial charge in [0.25, 0.3) is 0 Å². The highest BCUT2D eigenvalue weighted by atomic mass is 16.5. The third-order valence-corrected chi connectivity index (χ3v) is 4.47. The largest absolute Gasteiger partial charge is 0.497 e. The molecule has 2 rings (SSSR count). The summed E-state index contributed by atoms with van der Waals surface area (Å²) in [6.07, 6.45) is 2.41. The summed E-state index contributed by atoms with van der Waals surface area (Å²) >= 11 is 0. The number of benzene rings is 1. The minimum atomic E-state index is -0.556. The van der Waals surface area contributed by atoms with Crippen LogP contribution in [0.2, 0.25) is 0 Å². The van der Waals surface area contributed by atoms with Crippen molar-refractivity contribution in [1.82, 2.24) is 16.0 Å². The van der Waals surface area contributed by atoms with Gasteiger partial charge in [0.1, 0.15) is 11.5 Å². The van der Waals surface area contributed by atoms with E-state index in [1.165, 1.54) is 0 Å². The topological polar surface area (TPSA) is 87.9 Å². The summed E-state index contributed by atoms with van der Waals surface area (Å²) in [5, 5.41) is 9.49. The first-order valence-electron chi connectivity index (χ1n) is 9.90. The number of hydrogen-bond acceptors (Lipinski definition) is 4. The van der Waals surface area contributed by atoms with Crippen LogP contribution < -0.4 is 20.7 Å². The van der Waals surface area contributed by atoms with Crippen LogP contribution in [0.15, 0.2) is 52.1 Å². The Balaban J connectivity index is 1.99. The number of nitrogens with one attached hydrogen (secondary N) is 3. The molecule has 0 saturated carbocycles. The van der Waals surface area contributed by atoms with E-state index in [0.717, 1.165) is 23.5 Å². The summed E-state index contributed by atoms with van der Waals surface area (Å²) in [7, 11) is 1.65. The van der Waals surface area contributed by atoms with Gasteiger partial charge in [0.15, 0.2) is 5.96 Å². The highest BCUT2D eigenvalue weighted by molar-refractivity contribution is 5.84. The molecule has 1 aromatic carbocycles. The third-order valence-electron chi connectivity index (χ3n) is 4.47. The molecular formula is C22H32N4O3. The van der Waals surface area contributed by atoms with Gasteiger partial charge in [-0.3, -0.25) is 4.79 Å². The lowest BCUT2D eigenvalue weighted by molar-refractivity contribution is -0.128. The molecule has 7 heteroatoms. The molecule has 7 nitrogen and oxygen atoms in total. The second kappa shape index (κ2) is 11.1. The first kappa shape index (κ1) is 22.3. The van der Waals surface area contributed by atoms with Crippen LogP contribution in [0, 0.1) is 5.41 Å². The Morgan fingerprint density at radius 3 is 2.52 bits per heavy atom. The van der Waals surface area contributed by atoms with Gasteiger partial charge in [-0.15, -0.1) is 0 Å². The zero-order chi connectivity index (χ0) is 21.1. The fraction of sp³-hybridized carbons (Fsp3) is 0.455. The van der Waals surface area contributed by atoms with Crippen LogP contribution in [-0.2, 0) is 17.8 Å². The lowest BCUT2D eigenvalue weighted by Crippen LogP contribution is -2.48. The molecule has 2 aromatic rings. The molecule has 3 N–H and O–H groups in total. The van der Waals surface area contributed by atoms with E-state index in [0.29, 0.717) is 32.1 Å². The predicted molar refractivity (Wildman–Crippen MR) is 115 cm³/mol. The molecule has 0 fully saturated rings. The second-order valence-electron chi connectivity index (χ2n) is 7.37. The van der Waals surface area contributed by atoms with Crippen molar-refractivity contribution in [2.24, 2.45) is 10.4 Å². The Labute approximate surface area is 172 Å². The number of hydrogen-bond donors (Lipinski definition) is 3. The van der Waals surface area contributed by atoms with E-state index in [2.05, 4.69) is 20.9 Å². The van der Waals surface area contributed by atoms with Crippen molar-refractivity contribution in [3.63, 3.8) is 0 Å². The zero-order valence-corrected chi connectivity index (χ0v) is 17.7. The van der Waals surface area contributed by atoms with Gasteiger partial charge in [-0.2, -0.15) is 0 Å². The van der Waals surface area contributed by atoms with Crippen LogP contribution >= 0.6 is 0 Å². The maximum absolute atomic E-state index is 12.3. The SMILES string of the molecule is CCNC(=O)C(C)(C)CNC(=NCc1ccc(OC)cc1)NCCc1ccco1. The molecule has 0 radical (unpaired) electrons. The smallest absolute Gasteiger partial charge is 0.227 e. The lowest BCUT2D eigenvalue weighted by atomic mass is 9.92. The van der Waals surface area contributed by atoms with Gasteiger partial charge in [-0.25, -0.2) is 4.99 Å². The average Bonchev–Trinajstić information content (AvgIpc) is 3.23. The number of amides is 1. The van der Waals surface area contributed by atoms with E-state index in [9.17, 15) is 4.79 Å². The van der Waals surface area contributed by atoms with Gasteiger partial charge in [0, 0.05) is 26.1 Å². The van der Waals surface area contributed by atoms with Crippen molar-refractivity contribution in [3.05, 3.63) is 54.0 Å². The number of furan rings is 1. The number of guanidine groups is 1. The van der Waals surface area contributed by atoms with Gasteiger partial charge >= 0.3 is 0 Å². The van der Waals surface area contributed by atoms with Gasteiger partial charge in [0.2, 0.25) is 5.91 Å². The Kier molecular flexibility index (Phi) is 8.58. The molecule has 0 atom stereocenters. The fourth-order valence-electron chi connectivity index (χ4n) is 2.62. The monoisotopic (exact) mass is 400 g/mol. The number of carbonyl (C=O) groups excluding carboxylic acids is 1. The molecule has 1 amide bonds. The minimum Gasteiger partial charge on any atom is -0.497 e. The van der Waals surface area contributed by atoms with E-state index in [4.69, 9.17) is 9.15 Å². The molecule has 0 aliphatic heterocycles. The van der Waals surface area contributed by atoms with Crippen molar-refractivity contribution >= 4 is 11.9 Å². The summed E-state index contributed by atoms with van der Waals surface area (Å²) in [6.45, 7) is 8.00. The van der Waals surface area contributed by atoms with Crippen molar-refractivity contribution in [2.45, 2.75) is 33.7 Å². The maximum atomic E-state index is 12.3. The van der Waals surface area contributed by atoms with Gasteiger partial charge in [-0.1, -0.05) is 12.1 Å². The van der Waals surface area contributed by atoms with E-state index in [-0.39, 0.29) is 5.91 Å². The number of methoxy groups -OCH3 is 1. The predicted octanol–water partition coefficient (Wildman–Crippen LogP) is 2.73. The van der Waals surface area contributed by atoms with Crippen LogP contribution in [0.25, 0.3) is 0 Å². The van der Waals surface area contributed by atoms with E-state index >= 15 is 0 Å². The van der Waals surface area contributed by atoms with Crippen LogP contribution in [-0.4, -0.2) is 38.6 Å². The molecule has 0 bridgehead atoms. The zero-order valence-electron chi connectivity index (χ0n) is 17.7. The molecular weight excluding hydrogens is 368 g/mol. The molecule has 158 valence electrons. The number of rotatable bonds is 10. The van der Waals surface area contributed by atoms with Crippen molar-refractivity contribution in [3.8, 4) is 5.75 Å². The third kappa shape index (κ3) is 7.52. The first-order valence-corrected chi connectivity index (χ1v) is 9.90. The quantitative estimate of drug-likeness (QED) is 0.422. The Bertz CT molecular complexity index is 768. The Morgan fingerprint density at radius 1 is 1.14 bits per heavy atom. The Morgan fingerprint density at radius 2 is 1.90 bits per heavy atom. The molecule has 29 heavy (non-hydrogen) atoms. The number of aliphatic imine (C=N–C) groups is 1. The maximum Gasteiger partial charge on any atom is 0.227 e. The van der Waals surface area contributed by atoms with Crippen LogP contribution in [0.3, 0.4) is 0 Å². The van der Waals surface area contributed by atoms with Crippen LogP contribution in [0.1, 0.15) is 32.1 Å². The van der Waals surface area contributed by atoms with Gasteiger partial charge in [0.05, 0.1) is 25.3 Å². The fourth-order valence-corrected chi connectivity index (χ4v) is 2.62. The van der Waals surface area contributed by atoms with Crippen LogP contribution in [0.5, 0.6) is 5.75 Å². The Hall–Kier alpha value is -2.96. The van der Waals surface area contributed by atoms with Crippen molar-refractivity contribution in [1.29, 1.82) is 0 Å². The van der Waals surface area contributed by atoms with E-state index < -0.39 is 5.41 Å². The average molecular weight is 401 g/mol. The first-order chi connectivity index (χ1) is 13.9. The summed E-state index contributed by atoms with van der Waals surface area (Å²) in [5.74, 6) is 2.40. The second-order valence-corrected chi connectivity index (χ2v) is 7.37. The summed E-state index contributed by atoms with van der Waals surface area (Å²) in [4.78, 5) is 16.9. The summed E-state index contributed by atoms with van der Waals surface area (Å²) in [6, 6.07) is 11.6. The van der Waals surface area contributed by atoms with Crippen LogP contribution in [0.4, 0.5) is 0 Å². The molecule has 1 aromatic heterocycles. The summed E-state index contributed by atoms with van der Waals surface area (Å²) in [5.41, 5.74) is 0.514. The van der Waals surface area contributed by atoms with E-state index in [1.807, 2.05) is 57.2 Å². The highest BCUT2D eigenvalue weighted by Gasteiger charge is 2.27. The molecule has 1 heterocycles. The number of carbonyl (C=O) groups is 1. The molecule has 0 aliphatic rings. The molecule has 0 saturated heterocycles.